The van der Waals surface area contributed by atoms with E-state index in [1.54, 1.807) is 12.1 Å². The average molecular weight is 300 g/mol. The number of nitrogen functional groups attached to an aromatic ring is 1. The summed E-state index contributed by atoms with van der Waals surface area (Å²) in [4.78, 5) is 0. The summed E-state index contributed by atoms with van der Waals surface area (Å²) in [6.45, 7) is 0.591. The molecule has 0 bridgehead atoms. The van der Waals surface area contributed by atoms with E-state index < -0.39 is 11.6 Å². The molecule has 2 aromatic carbocycles. The van der Waals surface area contributed by atoms with Crippen LogP contribution in [0.15, 0.2) is 30.3 Å². The number of ether oxygens (including phenoxy) is 2. The van der Waals surface area contributed by atoms with E-state index in [0.717, 1.165) is 24.1 Å². The third-order valence-electron chi connectivity index (χ3n) is 2.91. The van der Waals surface area contributed by atoms with Gasteiger partial charge in [-0.3, -0.25) is 0 Å². The number of anilines is 1. The maximum atomic E-state index is 13.1. The Hall–Kier alpha value is -2.01. The zero-order valence-electron chi connectivity index (χ0n) is 10.4. The van der Waals surface area contributed by atoms with Crippen molar-refractivity contribution in [1.29, 1.82) is 0 Å². The predicted molar refractivity (Wildman–Crippen MR) is 73.7 cm³/mol. The number of benzene rings is 2. The molecule has 0 unspecified atom stereocenters. The summed E-state index contributed by atoms with van der Waals surface area (Å²) in [7, 11) is 0. The summed E-state index contributed by atoms with van der Waals surface area (Å²) >= 11 is 0. The normalized spacial score (nSPS) is 12.3. The molecule has 0 saturated heterocycles. The van der Waals surface area contributed by atoms with Crippen molar-refractivity contribution in [2.24, 2.45) is 0 Å². The number of nitrogens with two attached hydrogens (primary N) is 1. The highest BCUT2D eigenvalue weighted by molar-refractivity contribution is 5.85. The largest absolute Gasteiger partial charge is 0.491 e. The van der Waals surface area contributed by atoms with Crippen LogP contribution in [-0.2, 0) is 6.42 Å². The first-order chi connectivity index (χ1) is 9.13. The van der Waals surface area contributed by atoms with Gasteiger partial charge in [0.1, 0.15) is 17.2 Å². The zero-order valence-corrected chi connectivity index (χ0v) is 11.2. The van der Waals surface area contributed by atoms with Gasteiger partial charge in [0.15, 0.2) is 11.6 Å². The van der Waals surface area contributed by atoms with E-state index in [0.29, 0.717) is 23.8 Å². The molecule has 0 radical (unpaired) electrons. The van der Waals surface area contributed by atoms with Gasteiger partial charge in [-0.05, 0) is 18.2 Å². The molecule has 0 aliphatic carbocycles. The van der Waals surface area contributed by atoms with Gasteiger partial charge in [-0.2, -0.15) is 0 Å². The van der Waals surface area contributed by atoms with Crippen molar-refractivity contribution < 1.29 is 18.3 Å². The summed E-state index contributed by atoms with van der Waals surface area (Å²) in [5, 5.41) is 0. The molecule has 0 aromatic heterocycles. The van der Waals surface area contributed by atoms with Crippen LogP contribution in [0.1, 0.15) is 5.56 Å². The summed E-state index contributed by atoms with van der Waals surface area (Å²) < 4.78 is 36.8. The van der Waals surface area contributed by atoms with E-state index in [1.165, 1.54) is 6.07 Å². The molecule has 106 valence electrons. The summed E-state index contributed by atoms with van der Waals surface area (Å²) in [6, 6.07) is 6.77. The molecule has 0 amide bonds. The number of hydrogen-bond acceptors (Lipinski definition) is 3. The monoisotopic (exact) mass is 299 g/mol. The van der Waals surface area contributed by atoms with Crippen LogP contribution >= 0.6 is 12.4 Å². The van der Waals surface area contributed by atoms with Crippen molar-refractivity contribution >= 4 is 18.1 Å². The molecule has 1 heterocycles. The predicted octanol–water partition coefficient (Wildman–Crippen LogP) is 3.70. The first kappa shape index (κ1) is 14.4. The fourth-order valence-electron chi connectivity index (χ4n) is 2.04. The van der Waals surface area contributed by atoms with Crippen molar-refractivity contribution in [1.82, 2.24) is 0 Å². The SMILES string of the molecule is Cl.Nc1cc(Oc2ccc(F)c(F)c2)cc2c1OCC2. The Morgan fingerprint density at radius 2 is 1.85 bits per heavy atom. The standard InChI is InChI=1S/C14H11F2NO2.ClH/c15-11-2-1-9(6-12(11)16)19-10-5-8-3-4-18-14(8)13(17)7-10;/h1-2,5-7H,3-4,17H2;1H. The number of rotatable bonds is 2. The van der Waals surface area contributed by atoms with Crippen molar-refractivity contribution in [2.45, 2.75) is 6.42 Å². The molecule has 0 spiro atoms. The second-order valence-electron chi connectivity index (χ2n) is 4.28. The highest BCUT2D eigenvalue weighted by Gasteiger charge is 2.17. The minimum atomic E-state index is -0.949. The minimum Gasteiger partial charge on any atom is -0.491 e. The highest BCUT2D eigenvalue weighted by Crippen LogP contribution is 2.37. The Morgan fingerprint density at radius 3 is 2.60 bits per heavy atom. The molecular formula is C14H12ClF2NO2. The van der Waals surface area contributed by atoms with Crippen molar-refractivity contribution in [3.8, 4) is 17.2 Å². The van der Waals surface area contributed by atoms with E-state index >= 15 is 0 Å². The highest BCUT2D eigenvalue weighted by atomic mass is 35.5. The fraction of sp³-hybridized carbons (Fsp3) is 0.143. The quantitative estimate of drug-likeness (QED) is 0.860. The first-order valence-corrected chi connectivity index (χ1v) is 5.81. The molecule has 1 aliphatic heterocycles. The van der Waals surface area contributed by atoms with Crippen LogP contribution in [0, 0.1) is 11.6 Å². The van der Waals surface area contributed by atoms with Crippen LogP contribution < -0.4 is 15.2 Å². The van der Waals surface area contributed by atoms with Crippen molar-refractivity contribution in [3.63, 3.8) is 0 Å². The van der Waals surface area contributed by atoms with E-state index in [-0.39, 0.29) is 18.2 Å². The maximum absolute atomic E-state index is 13.1. The summed E-state index contributed by atoms with van der Waals surface area (Å²) in [6.07, 6.45) is 0.758. The lowest BCUT2D eigenvalue weighted by Gasteiger charge is -2.09. The summed E-state index contributed by atoms with van der Waals surface area (Å²) in [5.41, 5.74) is 7.28. The zero-order chi connectivity index (χ0) is 13.4. The van der Waals surface area contributed by atoms with Crippen LogP contribution in [0.5, 0.6) is 17.2 Å². The molecule has 0 fully saturated rings. The smallest absolute Gasteiger partial charge is 0.162 e. The lowest BCUT2D eigenvalue weighted by Crippen LogP contribution is -1.93. The number of hydrogen-bond donors (Lipinski definition) is 1. The third-order valence-corrected chi connectivity index (χ3v) is 2.91. The Morgan fingerprint density at radius 1 is 1.05 bits per heavy atom. The van der Waals surface area contributed by atoms with E-state index in [4.69, 9.17) is 15.2 Å². The molecule has 6 heteroatoms. The van der Waals surface area contributed by atoms with Gasteiger partial charge in [0.2, 0.25) is 0 Å². The van der Waals surface area contributed by atoms with Crippen molar-refractivity contribution in [3.05, 3.63) is 47.5 Å². The molecule has 0 saturated carbocycles. The van der Waals surface area contributed by atoms with Crippen LogP contribution in [-0.4, -0.2) is 6.61 Å². The van der Waals surface area contributed by atoms with Crippen molar-refractivity contribution in [2.75, 3.05) is 12.3 Å². The molecule has 2 N–H and O–H groups in total. The van der Waals surface area contributed by atoms with E-state index in [9.17, 15) is 8.78 Å². The molecular weight excluding hydrogens is 288 g/mol. The lowest BCUT2D eigenvalue weighted by molar-refractivity contribution is 0.358. The Labute approximate surface area is 120 Å². The second kappa shape index (κ2) is 5.54. The third kappa shape index (κ3) is 2.63. The molecule has 20 heavy (non-hydrogen) atoms. The van der Waals surface area contributed by atoms with E-state index in [2.05, 4.69) is 0 Å². The van der Waals surface area contributed by atoms with Gasteiger partial charge in [0.05, 0.1) is 12.3 Å². The Balaban J connectivity index is 0.00000147. The maximum Gasteiger partial charge on any atom is 0.162 e. The van der Waals surface area contributed by atoms with Crippen LogP contribution in [0.4, 0.5) is 14.5 Å². The van der Waals surface area contributed by atoms with Crippen LogP contribution in [0.25, 0.3) is 0 Å². The number of fused-ring (bicyclic) bond motifs is 1. The van der Waals surface area contributed by atoms with Gasteiger partial charge in [0, 0.05) is 24.1 Å². The van der Waals surface area contributed by atoms with Crippen LogP contribution in [0.3, 0.4) is 0 Å². The Bertz CT molecular complexity index is 649. The van der Waals surface area contributed by atoms with Gasteiger partial charge in [-0.1, -0.05) is 0 Å². The molecule has 0 atom stereocenters. The van der Waals surface area contributed by atoms with Gasteiger partial charge in [-0.25, -0.2) is 8.78 Å². The average Bonchev–Trinajstić information content (AvgIpc) is 2.82. The van der Waals surface area contributed by atoms with Gasteiger partial charge >= 0.3 is 0 Å². The lowest BCUT2D eigenvalue weighted by atomic mass is 10.1. The molecule has 1 aliphatic rings. The topological polar surface area (TPSA) is 44.5 Å². The summed E-state index contributed by atoms with van der Waals surface area (Å²) in [5.74, 6) is -0.480. The minimum absolute atomic E-state index is 0. The van der Waals surface area contributed by atoms with Gasteiger partial charge in [0.25, 0.3) is 0 Å². The first-order valence-electron chi connectivity index (χ1n) is 5.81. The fourth-order valence-corrected chi connectivity index (χ4v) is 2.04. The molecule has 3 nitrogen and oxygen atoms in total. The van der Waals surface area contributed by atoms with Gasteiger partial charge in [-0.15, -0.1) is 12.4 Å². The molecule has 2 aromatic rings. The second-order valence-corrected chi connectivity index (χ2v) is 4.28. The Kier molecular flexibility index (Phi) is 3.99. The van der Waals surface area contributed by atoms with Gasteiger partial charge < -0.3 is 15.2 Å². The van der Waals surface area contributed by atoms with Crippen LogP contribution in [0.2, 0.25) is 0 Å². The number of halogens is 3. The van der Waals surface area contributed by atoms with E-state index in [1.807, 2.05) is 0 Å². The molecule has 3 rings (SSSR count).